The Morgan fingerprint density at radius 2 is 1.24 bits per heavy atom. The number of aliphatic hydroxyl groups is 7. The molecule has 0 aliphatic heterocycles. The lowest BCUT2D eigenvalue weighted by Gasteiger charge is -2.29. The molecule has 0 aromatic rings. The van der Waals surface area contributed by atoms with Crippen LogP contribution < -0.4 is 0 Å². The number of carbonyl (C=O) groups is 1. The van der Waals surface area contributed by atoms with Crippen LogP contribution in [-0.4, -0.2) is 90.1 Å². The van der Waals surface area contributed by atoms with Crippen LogP contribution in [0.15, 0.2) is 0 Å². The van der Waals surface area contributed by atoms with Gasteiger partial charge in [-0.3, -0.25) is 0 Å². The third kappa shape index (κ3) is 4.16. The van der Waals surface area contributed by atoms with Gasteiger partial charge in [-0.1, -0.05) is 0 Å². The second-order valence-electron chi connectivity index (χ2n) is 3.50. The number of aliphatic hydroxyl groups excluding tert-OH is 7. The Labute approximate surface area is 95.8 Å². The molecule has 0 unspecified atom stereocenters. The Balaban J connectivity index is 4.58. The molecular weight excluding hydrogens is 240 g/mol. The number of carboxylic acids is 1. The van der Waals surface area contributed by atoms with Gasteiger partial charge in [0.05, 0.1) is 6.61 Å². The zero-order valence-corrected chi connectivity index (χ0v) is 8.66. The average molecular weight is 256 g/mol. The molecule has 0 heterocycles. The van der Waals surface area contributed by atoms with E-state index in [9.17, 15) is 15.0 Å². The Morgan fingerprint density at radius 1 is 0.824 bits per heavy atom. The molecule has 0 aliphatic carbocycles. The summed E-state index contributed by atoms with van der Waals surface area (Å²) < 4.78 is 0. The van der Waals surface area contributed by atoms with Gasteiger partial charge in [0.15, 0.2) is 6.10 Å². The SMILES string of the molecule is O=C(O)[C@H](O)[C@@H](O)[C@H](O)[C@@H](O)[C@@H](O)[C@H](O)CO. The third-order valence-corrected chi connectivity index (χ3v) is 2.21. The molecule has 0 radical (unpaired) electrons. The van der Waals surface area contributed by atoms with E-state index in [0.29, 0.717) is 0 Å². The fourth-order valence-corrected chi connectivity index (χ4v) is 1.07. The summed E-state index contributed by atoms with van der Waals surface area (Å²) in [7, 11) is 0. The van der Waals surface area contributed by atoms with E-state index in [1.165, 1.54) is 0 Å². The van der Waals surface area contributed by atoms with E-state index >= 15 is 0 Å². The highest BCUT2D eigenvalue weighted by Crippen LogP contribution is 2.11. The Morgan fingerprint density at radius 3 is 1.59 bits per heavy atom. The molecule has 8 N–H and O–H groups in total. The standard InChI is InChI=1S/C8H16O9/c9-1-2(10)3(11)4(12)5(13)6(14)7(15)8(16)17/h2-7,9-15H,1H2,(H,16,17)/t2-,3+,4+,5-,6+,7-/m1/s1. The van der Waals surface area contributed by atoms with Crippen LogP contribution in [0.4, 0.5) is 0 Å². The first-order valence-corrected chi connectivity index (χ1v) is 4.66. The van der Waals surface area contributed by atoms with E-state index in [2.05, 4.69) is 0 Å². The van der Waals surface area contributed by atoms with Gasteiger partial charge in [0.2, 0.25) is 0 Å². The van der Waals surface area contributed by atoms with Crippen LogP contribution in [0, 0.1) is 0 Å². The molecule has 17 heavy (non-hydrogen) atoms. The minimum Gasteiger partial charge on any atom is -0.479 e. The summed E-state index contributed by atoms with van der Waals surface area (Å²) in [5, 5.41) is 71.4. The minimum absolute atomic E-state index is 0.914. The number of hydrogen-bond acceptors (Lipinski definition) is 8. The van der Waals surface area contributed by atoms with Gasteiger partial charge in [-0.05, 0) is 0 Å². The maximum Gasteiger partial charge on any atom is 0.335 e. The van der Waals surface area contributed by atoms with Crippen LogP contribution >= 0.6 is 0 Å². The van der Waals surface area contributed by atoms with Crippen LogP contribution in [0.3, 0.4) is 0 Å². The molecular formula is C8H16O9. The molecule has 0 fully saturated rings. The van der Waals surface area contributed by atoms with Gasteiger partial charge in [-0.15, -0.1) is 0 Å². The van der Waals surface area contributed by atoms with Crippen LogP contribution in [0.1, 0.15) is 0 Å². The van der Waals surface area contributed by atoms with Gasteiger partial charge in [0.25, 0.3) is 0 Å². The molecule has 0 spiro atoms. The molecule has 0 aromatic carbocycles. The predicted molar refractivity (Wildman–Crippen MR) is 50.8 cm³/mol. The highest BCUT2D eigenvalue weighted by molar-refractivity contribution is 5.72. The summed E-state index contributed by atoms with van der Waals surface area (Å²) in [4.78, 5) is 10.3. The zero-order valence-electron chi connectivity index (χ0n) is 8.66. The molecule has 0 rings (SSSR count). The zero-order chi connectivity index (χ0) is 13.7. The van der Waals surface area contributed by atoms with Gasteiger partial charge in [0, 0.05) is 0 Å². The average Bonchev–Trinajstić information content (AvgIpc) is 2.32. The van der Waals surface area contributed by atoms with Gasteiger partial charge in [0.1, 0.15) is 30.5 Å². The van der Waals surface area contributed by atoms with Crippen molar-refractivity contribution in [2.45, 2.75) is 36.6 Å². The van der Waals surface area contributed by atoms with Gasteiger partial charge in [-0.2, -0.15) is 0 Å². The summed E-state index contributed by atoms with van der Waals surface area (Å²) >= 11 is 0. The lowest BCUT2D eigenvalue weighted by molar-refractivity contribution is -0.175. The van der Waals surface area contributed by atoms with Crippen molar-refractivity contribution in [1.82, 2.24) is 0 Å². The van der Waals surface area contributed by atoms with Crippen molar-refractivity contribution < 1.29 is 45.6 Å². The molecule has 0 aliphatic rings. The molecule has 9 nitrogen and oxygen atoms in total. The lowest BCUT2D eigenvalue weighted by Crippen LogP contribution is -2.54. The van der Waals surface area contributed by atoms with Crippen molar-refractivity contribution in [2.24, 2.45) is 0 Å². The lowest BCUT2D eigenvalue weighted by atomic mass is 9.96. The molecule has 0 saturated carbocycles. The summed E-state index contributed by atoms with van der Waals surface area (Å²) in [6.45, 7) is -0.914. The van der Waals surface area contributed by atoms with Gasteiger partial charge >= 0.3 is 5.97 Å². The molecule has 0 aromatic heterocycles. The second kappa shape index (κ2) is 6.81. The predicted octanol–water partition coefficient (Wildman–Crippen LogP) is -4.77. The summed E-state index contributed by atoms with van der Waals surface area (Å²) in [6, 6.07) is 0. The molecule has 0 amide bonds. The van der Waals surface area contributed by atoms with Crippen molar-refractivity contribution >= 4 is 5.97 Å². The fraction of sp³-hybridized carbons (Fsp3) is 0.875. The molecule has 0 bridgehead atoms. The van der Waals surface area contributed by atoms with E-state index in [1.54, 1.807) is 0 Å². The maximum absolute atomic E-state index is 10.3. The smallest absolute Gasteiger partial charge is 0.335 e. The second-order valence-corrected chi connectivity index (χ2v) is 3.50. The summed E-state index contributed by atoms with van der Waals surface area (Å²) in [5.74, 6) is -1.83. The summed E-state index contributed by atoms with van der Waals surface area (Å²) in [6.07, 6.45) is -12.8. The van der Waals surface area contributed by atoms with Crippen LogP contribution in [0.5, 0.6) is 0 Å². The minimum atomic E-state index is -2.36. The topological polar surface area (TPSA) is 179 Å². The van der Waals surface area contributed by atoms with Crippen LogP contribution in [0.25, 0.3) is 0 Å². The van der Waals surface area contributed by atoms with Crippen molar-refractivity contribution in [2.75, 3.05) is 6.61 Å². The first kappa shape index (κ1) is 16.2. The van der Waals surface area contributed by atoms with Crippen LogP contribution in [-0.2, 0) is 4.79 Å². The quantitative estimate of drug-likeness (QED) is 0.222. The molecule has 102 valence electrons. The molecule has 6 atom stereocenters. The maximum atomic E-state index is 10.3. The highest BCUT2D eigenvalue weighted by Gasteiger charge is 2.39. The van der Waals surface area contributed by atoms with E-state index in [4.69, 9.17) is 30.6 Å². The van der Waals surface area contributed by atoms with Crippen molar-refractivity contribution in [1.29, 1.82) is 0 Å². The third-order valence-electron chi connectivity index (χ3n) is 2.21. The van der Waals surface area contributed by atoms with Gasteiger partial charge < -0.3 is 40.9 Å². The number of rotatable bonds is 7. The molecule has 0 saturated heterocycles. The fourth-order valence-electron chi connectivity index (χ4n) is 1.07. The van der Waals surface area contributed by atoms with Crippen LogP contribution in [0.2, 0.25) is 0 Å². The van der Waals surface area contributed by atoms with Crippen molar-refractivity contribution in [3.63, 3.8) is 0 Å². The molecule has 9 heteroatoms. The highest BCUT2D eigenvalue weighted by atomic mass is 16.4. The Hall–Kier alpha value is -0.810. The van der Waals surface area contributed by atoms with E-state index < -0.39 is 49.2 Å². The first-order chi connectivity index (χ1) is 7.73. The van der Waals surface area contributed by atoms with E-state index in [-0.39, 0.29) is 0 Å². The van der Waals surface area contributed by atoms with Crippen molar-refractivity contribution in [3.05, 3.63) is 0 Å². The largest absolute Gasteiger partial charge is 0.479 e. The van der Waals surface area contributed by atoms with Crippen molar-refractivity contribution in [3.8, 4) is 0 Å². The number of aliphatic carboxylic acids is 1. The normalized spacial score (nSPS) is 22.3. The Kier molecular flexibility index (Phi) is 6.49. The number of carboxylic acid groups (broad SMARTS) is 1. The van der Waals surface area contributed by atoms with Gasteiger partial charge in [-0.25, -0.2) is 4.79 Å². The monoisotopic (exact) mass is 256 g/mol. The van der Waals surface area contributed by atoms with E-state index in [1.807, 2.05) is 0 Å². The first-order valence-electron chi connectivity index (χ1n) is 4.66. The summed E-state index contributed by atoms with van der Waals surface area (Å²) in [5.41, 5.74) is 0. The Bertz CT molecular complexity index is 245. The number of hydrogen-bond donors (Lipinski definition) is 8. The van der Waals surface area contributed by atoms with E-state index in [0.717, 1.165) is 0 Å².